The van der Waals surface area contributed by atoms with E-state index in [0.717, 1.165) is 0 Å². The van der Waals surface area contributed by atoms with Gasteiger partial charge in [-0.1, -0.05) is 0 Å². The van der Waals surface area contributed by atoms with Crippen LogP contribution in [0.2, 0.25) is 0 Å². The third-order valence-corrected chi connectivity index (χ3v) is 8.91. The molecule has 25 heteroatoms. The Balaban J connectivity index is 0.000000366. The molecule has 6 rings (SSSR count). The standard InChI is InChI=1S/C24BF20.C12H10N2O2/c26-5-1(6(27)14(35)21(42)13(5)34)25(2-7(28)15(36)22(43)16(37)8(2)29,3-9(30)17(38)23(44)18(39)10(3)31)4-11(32)19(40)24(45)20(41)12(4)33;15-11-3-1-10(2-4-11)12(16)9-14-7-5-13-6-8-14/h;1-8H,9H2/q-1;/p+1. The molecule has 0 atom stereocenters. The molecule has 0 aliphatic heterocycles. The SMILES string of the molecule is Fc1c(F)c(F)c([B-](c2c(F)c(F)c(F)c(F)c2F)(c2c(F)c(F)c(F)c(F)c2F)c2c(F)c(F)c(F)c(F)c2F)c(F)c1F.O=C(C[n+]1ccncc1)c1ccc(O)cc1. The second-order valence-electron chi connectivity index (χ2n) is 12.2. The van der Waals surface area contributed by atoms with Gasteiger partial charge in [0.25, 0.3) is 0 Å². The van der Waals surface area contributed by atoms with E-state index in [0.29, 0.717) is 5.56 Å². The summed E-state index contributed by atoms with van der Waals surface area (Å²) in [5.74, 6) is -71.2. The molecule has 6 aromatic rings. The van der Waals surface area contributed by atoms with Crippen LogP contribution >= 0.6 is 0 Å². The molecule has 0 saturated carbocycles. The minimum absolute atomic E-state index is 0.00352. The number of carbonyl (C=O) groups excluding carboxylic acids is 1. The van der Waals surface area contributed by atoms with Gasteiger partial charge in [0.15, 0.2) is 82.2 Å². The summed E-state index contributed by atoms with van der Waals surface area (Å²) in [6, 6.07) is 6.23. The maximum absolute atomic E-state index is 15.4. The van der Waals surface area contributed by atoms with E-state index in [2.05, 4.69) is 4.98 Å². The number of aromatic hydroxyl groups is 1. The quantitative estimate of drug-likeness (QED) is 0.0480. The minimum atomic E-state index is -7.22. The lowest BCUT2D eigenvalue weighted by molar-refractivity contribution is -0.683. The first-order chi connectivity index (χ1) is 28.5. The molecule has 320 valence electrons. The smallest absolute Gasteiger partial charge is 0.227 e. The molecule has 0 fully saturated rings. The first-order valence-corrected chi connectivity index (χ1v) is 15.8. The Hall–Kier alpha value is -6.69. The van der Waals surface area contributed by atoms with E-state index < -0.39 is 144 Å². The van der Waals surface area contributed by atoms with Crippen molar-refractivity contribution in [1.82, 2.24) is 4.98 Å². The van der Waals surface area contributed by atoms with Gasteiger partial charge < -0.3 is 5.11 Å². The number of carbonyl (C=O) groups is 1. The van der Waals surface area contributed by atoms with Crippen molar-refractivity contribution in [3.8, 4) is 5.75 Å². The second-order valence-corrected chi connectivity index (χ2v) is 12.2. The summed E-state index contributed by atoms with van der Waals surface area (Å²) < 4.78 is 296. The number of halogens is 20. The van der Waals surface area contributed by atoms with Gasteiger partial charge in [0.05, 0.1) is 12.4 Å². The van der Waals surface area contributed by atoms with Crippen LogP contribution in [-0.4, -0.2) is 22.0 Å². The van der Waals surface area contributed by atoms with Gasteiger partial charge in [0.1, 0.15) is 58.4 Å². The van der Waals surface area contributed by atoms with E-state index in [-0.39, 0.29) is 18.1 Å². The van der Waals surface area contributed by atoms with E-state index in [4.69, 9.17) is 5.11 Å². The van der Waals surface area contributed by atoms with Crippen LogP contribution in [0.3, 0.4) is 0 Å². The molecule has 1 heterocycles. The van der Waals surface area contributed by atoms with Crippen molar-refractivity contribution >= 4 is 33.8 Å². The van der Waals surface area contributed by atoms with Crippen molar-refractivity contribution < 1.29 is 102 Å². The summed E-state index contributed by atoms with van der Waals surface area (Å²) >= 11 is 0. The van der Waals surface area contributed by atoms with Crippen LogP contribution in [0, 0.1) is 116 Å². The number of ketones is 1. The summed E-state index contributed by atoms with van der Waals surface area (Å²) in [5.41, 5.74) is -13.7. The topological polar surface area (TPSA) is 54.1 Å². The lowest BCUT2D eigenvalue weighted by Crippen LogP contribution is -2.81. The highest BCUT2D eigenvalue weighted by Crippen LogP contribution is 2.30. The predicted molar refractivity (Wildman–Crippen MR) is 166 cm³/mol. The molecule has 0 bridgehead atoms. The van der Waals surface area contributed by atoms with Crippen LogP contribution < -0.4 is 26.4 Å². The monoisotopic (exact) mass is 894 g/mol. The van der Waals surface area contributed by atoms with Crippen LogP contribution in [0.25, 0.3) is 0 Å². The van der Waals surface area contributed by atoms with Gasteiger partial charge in [-0.2, -0.15) is 4.57 Å². The predicted octanol–water partition coefficient (Wildman–Crippen LogP) is 6.80. The molecule has 0 radical (unpaired) electrons. The van der Waals surface area contributed by atoms with Gasteiger partial charge >= 0.3 is 0 Å². The third kappa shape index (κ3) is 7.23. The normalized spacial score (nSPS) is 11.5. The average molecular weight is 894 g/mol. The Kier molecular flexibility index (Phi) is 12.5. The van der Waals surface area contributed by atoms with Crippen molar-refractivity contribution in [3.05, 3.63) is 171 Å². The molecule has 0 aliphatic carbocycles. The van der Waals surface area contributed by atoms with E-state index in [1.165, 1.54) is 12.1 Å². The molecular weight excluding hydrogens is 883 g/mol. The van der Waals surface area contributed by atoms with Crippen molar-refractivity contribution in [2.24, 2.45) is 0 Å². The van der Waals surface area contributed by atoms with Crippen molar-refractivity contribution in [3.63, 3.8) is 0 Å². The fourth-order valence-electron chi connectivity index (χ4n) is 6.23. The molecule has 0 amide bonds. The number of rotatable bonds is 7. The Morgan fingerprint density at radius 1 is 0.410 bits per heavy atom. The number of benzene rings is 5. The van der Waals surface area contributed by atoms with E-state index in [1.54, 1.807) is 41.5 Å². The summed E-state index contributed by atoms with van der Waals surface area (Å²) in [5, 5.41) is 9.10. The molecule has 1 aromatic heterocycles. The van der Waals surface area contributed by atoms with Crippen molar-refractivity contribution in [2.75, 3.05) is 0 Å². The number of Topliss-reactive ketones (excluding diaryl/α,β-unsaturated/α-hetero) is 1. The summed E-state index contributed by atoms with van der Waals surface area (Å²) in [6.45, 7) is 0.271. The summed E-state index contributed by atoms with van der Waals surface area (Å²) in [7, 11) is 0. The van der Waals surface area contributed by atoms with Gasteiger partial charge in [0.2, 0.25) is 12.3 Å². The lowest BCUT2D eigenvalue weighted by atomic mass is 9.12. The van der Waals surface area contributed by atoms with Gasteiger partial charge in [0, 0.05) is 5.56 Å². The minimum Gasteiger partial charge on any atom is -0.508 e. The fraction of sp³-hybridized carbons (Fsp3) is 0.0278. The van der Waals surface area contributed by atoms with E-state index in [1.807, 2.05) is 0 Å². The highest BCUT2D eigenvalue weighted by atomic mass is 19.2. The average Bonchev–Trinajstić information content (AvgIpc) is 3.24. The number of hydrogen-bond acceptors (Lipinski definition) is 3. The number of hydrogen-bond donors (Lipinski definition) is 1. The van der Waals surface area contributed by atoms with Crippen LogP contribution in [-0.2, 0) is 6.54 Å². The zero-order valence-electron chi connectivity index (χ0n) is 28.7. The Morgan fingerprint density at radius 3 is 0.885 bits per heavy atom. The number of aromatic nitrogens is 2. The summed E-state index contributed by atoms with van der Waals surface area (Å²) in [4.78, 5) is 15.7. The van der Waals surface area contributed by atoms with Gasteiger partial charge in [-0.3, -0.25) is 9.78 Å². The first-order valence-electron chi connectivity index (χ1n) is 15.8. The first kappa shape index (κ1) is 45.4. The highest BCUT2D eigenvalue weighted by molar-refractivity contribution is 7.20. The summed E-state index contributed by atoms with van der Waals surface area (Å²) in [6.07, 6.45) is -0.490. The lowest BCUT2D eigenvalue weighted by Gasteiger charge is -2.44. The van der Waals surface area contributed by atoms with E-state index in [9.17, 15) is 57.5 Å². The zero-order chi connectivity index (χ0) is 45.7. The molecule has 0 spiro atoms. The molecule has 0 unspecified atom stereocenters. The Morgan fingerprint density at radius 2 is 0.639 bits per heavy atom. The molecule has 0 saturated heterocycles. The molecule has 61 heavy (non-hydrogen) atoms. The molecular formula is C36H11BF20N2O2. The molecule has 1 N–H and O–H groups in total. The van der Waals surface area contributed by atoms with E-state index >= 15 is 35.1 Å². The van der Waals surface area contributed by atoms with Gasteiger partial charge in [-0.15, -0.1) is 21.9 Å². The zero-order valence-corrected chi connectivity index (χ0v) is 28.7. The Labute approximate surface area is 324 Å². The number of phenols is 1. The highest BCUT2D eigenvalue weighted by Gasteiger charge is 2.52. The van der Waals surface area contributed by atoms with Crippen molar-refractivity contribution in [1.29, 1.82) is 0 Å². The molecule has 4 nitrogen and oxygen atoms in total. The van der Waals surface area contributed by atoms with Crippen LogP contribution in [0.5, 0.6) is 5.75 Å². The molecule has 5 aromatic carbocycles. The van der Waals surface area contributed by atoms with Crippen LogP contribution in [0.4, 0.5) is 87.8 Å². The van der Waals surface area contributed by atoms with Crippen molar-refractivity contribution in [2.45, 2.75) is 6.54 Å². The fourth-order valence-corrected chi connectivity index (χ4v) is 6.23. The maximum atomic E-state index is 15.4. The largest absolute Gasteiger partial charge is 0.508 e. The number of phenolic OH excluding ortho intramolecular Hbond substituents is 1. The maximum Gasteiger partial charge on any atom is 0.227 e. The molecule has 0 aliphatic rings. The Bertz CT molecular complexity index is 2370. The number of nitrogens with zero attached hydrogens (tertiary/aromatic N) is 2. The third-order valence-electron chi connectivity index (χ3n) is 8.91. The van der Waals surface area contributed by atoms with Gasteiger partial charge in [-0.05, 0) is 24.3 Å². The van der Waals surface area contributed by atoms with Crippen LogP contribution in [0.1, 0.15) is 10.4 Å². The second kappa shape index (κ2) is 16.8. The van der Waals surface area contributed by atoms with Gasteiger partial charge in [-0.25, -0.2) is 87.8 Å². The van der Waals surface area contributed by atoms with Crippen LogP contribution in [0.15, 0.2) is 49.1 Å².